The topological polar surface area (TPSA) is 30.5 Å². The van der Waals surface area contributed by atoms with Gasteiger partial charge in [0.1, 0.15) is 5.60 Å². The predicted molar refractivity (Wildman–Crippen MR) is 66.7 cm³/mol. The van der Waals surface area contributed by atoms with Gasteiger partial charge in [0.05, 0.1) is 12.9 Å². The van der Waals surface area contributed by atoms with Gasteiger partial charge in [0.2, 0.25) is 0 Å². The second kappa shape index (κ2) is 4.62. The Labute approximate surface area is 104 Å². The zero-order chi connectivity index (χ0) is 11.7. The minimum atomic E-state index is 0.0732. The van der Waals surface area contributed by atoms with Gasteiger partial charge in [-0.3, -0.25) is 0 Å². The van der Waals surface area contributed by atoms with E-state index in [1.165, 1.54) is 25.7 Å². The Morgan fingerprint density at radius 3 is 3.12 bits per heavy atom. The van der Waals surface area contributed by atoms with E-state index < -0.39 is 0 Å². The van der Waals surface area contributed by atoms with Crippen LogP contribution in [0.4, 0.5) is 0 Å². The number of rotatable bonds is 0. The van der Waals surface area contributed by atoms with Crippen molar-refractivity contribution in [1.29, 1.82) is 0 Å². The van der Waals surface area contributed by atoms with Crippen molar-refractivity contribution >= 4 is 0 Å². The molecule has 3 nitrogen and oxygen atoms in total. The molecule has 4 unspecified atom stereocenters. The molecule has 0 amide bonds. The van der Waals surface area contributed by atoms with Crippen LogP contribution in [0.5, 0.6) is 0 Å². The quantitative estimate of drug-likeness (QED) is 0.700. The molecule has 3 heteroatoms. The Hall–Kier alpha value is -0.540. The molecule has 0 aromatic rings. The molecule has 4 atom stereocenters. The number of hydrogen-bond acceptors (Lipinski definition) is 3. The van der Waals surface area contributed by atoms with Gasteiger partial charge in [-0.1, -0.05) is 6.42 Å². The van der Waals surface area contributed by atoms with Gasteiger partial charge in [-0.15, -0.1) is 0 Å². The van der Waals surface area contributed by atoms with Crippen LogP contribution in [0.25, 0.3) is 0 Å². The summed E-state index contributed by atoms with van der Waals surface area (Å²) in [4.78, 5) is 0. The first-order valence-electron chi connectivity index (χ1n) is 6.98. The summed E-state index contributed by atoms with van der Waals surface area (Å²) in [5.74, 6) is 1.47. The van der Waals surface area contributed by atoms with Gasteiger partial charge in [-0.05, 0) is 38.2 Å². The average Bonchev–Trinajstić information content (AvgIpc) is 2.38. The van der Waals surface area contributed by atoms with E-state index in [1.807, 2.05) is 6.26 Å². The van der Waals surface area contributed by atoms with Crippen LogP contribution in [0.2, 0.25) is 0 Å². The maximum Gasteiger partial charge on any atom is 0.127 e. The summed E-state index contributed by atoms with van der Waals surface area (Å²) in [6, 6.07) is 0.426. The molecule has 0 aromatic carbocycles. The lowest BCUT2D eigenvalue weighted by molar-refractivity contribution is -0.169. The first-order chi connectivity index (χ1) is 8.33. The van der Waals surface area contributed by atoms with Crippen molar-refractivity contribution in [2.45, 2.75) is 44.2 Å². The van der Waals surface area contributed by atoms with E-state index in [4.69, 9.17) is 9.47 Å². The van der Waals surface area contributed by atoms with Crippen molar-refractivity contribution < 1.29 is 9.47 Å². The Balaban J connectivity index is 1.74. The van der Waals surface area contributed by atoms with Crippen LogP contribution in [-0.2, 0) is 9.47 Å². The number of nitrogens with one attached hydrogen (secondary N) is 1. The van der Waals surface area contributed by atoms with Crippen LogP contribution in [0.1, 0.15) is 32.6 Å². The lowest BCUT2D eigenvalue weighted by atomic mass is 9.55. The van der Waals surface area contributed by atoms with E-state index in [-0.39, 0.29) is 5.60 Å². The van der Waals surface area contributed by atoms with Gasteiger partial charge in [-0.25, -0.2) is 0 Å². The standard InChI is InChI=1S/C14H23NO2/c1-11-14-10-12(5-8-17-14)13(14)4-2-3-7-16-9-6-15-11/h5,8,11-13,15H,2-4,6-7,9-10H2,1H3. The van der Waals surface area contributed by atoms with E-state index in [0.29, 0.717) is 12.0 Å². The van der Waals surface area contributed by atoms with E-state index in [0.717, 1.165) is 25.7 Å². The van der Waals surface area contributed by atoms with Crippen molar-refractivity contribution in [3.63, 3.8) is 0 Å². The molecule has 1 saturated heterocycles. The third-order valence-electron chi connectivity index (χ3n) is 4.80. The van der Waals surface area contributed by atoms with E-state index in [1.54, 1.807) is 0 Å². The summed E-state index contributed by atoms with van der Waals surface area (Å²) in [6.07, 6.45) is 9.13. The van der Waals surface area contributed by atoms with Gasteiger partial charge < -0.3 is 14.8 Å². The third kappa shape index (κ3) is 1.89. The molecule has 17 heavy (non-hydrogen) atoms. The van der Waals surface area contributed by atoms with Crippen molar-refractivity contribution in [2.24, 2.45) is 11.8 Å². The van der Waals surface area contributed by atoms with Gasteiger partial charge in [-0.2, -0.15) is 0 Å². The van der Waals surface area contributed by atoms with E-state index in [9.17, 15) is 0 Å². The second-order valence-electron chi connectivity index (χ2n) is 5.66. The first kappa shape index (κ1) is 11.5. The normalized spacial score (nSPS) is 46.1. The molecular formula is C14H23NO2. The molecular weight excluding hydrogens is 214 g/mol. The van der Waals surface area contributed by atoms with Crippen LogP contribution in [0.15, 0.2) is 12.3 Å². The zero-order valence-electron chi connectivity index (χ0n) is 10.7. The molecule has 1 aliphatic carbocycles. The molecule has 3 aliphatic rings. The molecule has 2 heterocycles. The predicted octanol–water partition coefficient (Wildman–Crippen LogP) is 2.08. The van der Waals surface area contributed by atoms with Crippen LogP contribution in [0, 0.1) is 11.8 Å². The van der Waals surface area contributed by atoms with Crippen LogP contribution >= 0.6 is 0 Å². The fourth-order valence-electron chi connectivity index (χ4n) is 3.72. The highest BCUT2D eigenvalue weighted by Crippen LogP contribution is 2.54. The Bertz CT molecular complexity index is 305. The lowest BCUT2D eigenvalue weighted by Gasteiger charge is -2.59. The van der Waals surface area contributed by atoms with Crippen molar-refractivity contribution in [3.05, 3.63) is 12.3 Å². The molecule has 2 aliphatic heterocycles. The van der Waals surface area contributed by atoms with Gasteiger partial charge >= 0.3 is 0 Å². The first-order valence-corrected chi connectivity index (χ1v) is 6.98. The summed E-state index contributed by atoms with van der Waals surface area (Å²) < 4.78 is 11.6. The van der Waals surface area contributed by atoms with E-state index in [2.05, 4.69) is 18.3 Å². The maximum atomic E-state index is 6.04. The van der Waals surface area contributed by atoms with Gasteiger partial charge in [0.25, 0.3) is 0 Å². The Morgan fingerprint density at radius 2 is 2.24 bits per heavy atom. The minimum Gasteiger partial charge on any atom is -0.493 e. The lowest BCUT2D eigenvalue weighted by Crippen LogP contribution is -2.66. The number of allylic oxidation sites excluding steroid dienone is 1. The summed E-state index contributed by atoms with van der Waals surface area (Å²) in [5.41, 5.74) is 0.0732. The molecule has 1 N–H and O–H groups in total. The minimum absolute atomic E-state index is 0.0732. The van der Waals surface area contributed by atoms with Crippen molar-refractivity contribution in [3.8, 4) is 0 Å². The molecule has 2 fully saturated rings. The molecule has 2 bridgehead atoms. The van der Waals surface area contributed by atoms with E-state index >= 15 is 0 Å². The SMILES string of the molecule is CC1NCCOCCCCC2C3C=COC12C3. The Kier molecular flexibility index (Phi) is 3.14. The van der Waals surface area contributed by atoms with Gasteiger partial charge in [0.15, 0.2) is 0 Å². The van der Waals surface area contributed by atoms with Crippen molar-refractivity contribution in [1.82, 2.24) is 5.32 Å². The summed E-state index contributed by atoms with van der Waals surface area (Å²) in [5, 5.41) is 3.57. The largest absolute Gasteiger partial charge is 0.493 e. The summed E-state index contributed by atoms with van der Waals surface area (Å²) in [7, 11) is 0. The number of ether oxygens (including phenoxy) is 2. The molecule has 0 spiro atoms. The number of hydrogen-bond donors (Lipinski definition) is 1. The van der Waals surface area contributed by atoms with Crippen LogP contribution in [-0.4, -0.2) is 31.4 Å². The summed E-state index contributed by atoms with van der Waals surface area (Å²) >= 11 is 0. The molecule has 1 saturated carbocycles. The molecule has 0 aromatic heterocycles. The monoisotopic (exact) mass is 237 g/mol. The second-order valence-corrected chi connectivity index (χ2v) is 5.66. The van der Waals surface area contributed by atoms with Crippen LogP contribution in [0.3, 0.4) is 0 Å². The average molecular weight is 237 g/mol. The van der Waals surface area contributed by atoms with Gasteiger partial charge in [0, 0.05) is 25.1 Å². The highest BCUT2D eigenvalue weighted by atomic mass is 16.5. The molecule has 0 radical (unpaired) electrons. The smallest absolute Gasteiger partial charge is 0.127 e. The highest BCUT2D eigenvalue weighted by molar-refractivity contribution is 5.17. The Morgan fingerprint density at radius 1 is 1.29 bits per heavy atom. The molecule has 96 valence electrons. The van der Waals surface area contributed by atoms with Crippen LogP contribution < -0.4 is 5.32 Å². The maximum absolute atomic E-state index is 6.04. The summed E-state index contributed by atoms with van der Waals surface area (Å²) in [6.45, 7) is 4.94. The zero-order valence-corrected chi connectivity index (χ0v) is 10.7. The van der Waals surface area contributed by atoms with Crippen molar-refractivity contribution in [2.75, 3.05) is 19.8 Å². The fraction of sp³-hybridized carbons (Fsp3) is 0.857. The molecule has 3 rings (SSSR count). The highest BCUT2D eigenvalue weighted by Gasteiger charge is 2.58. The fourth-order valence-corrected chi connectivity index (χ4v) is 3.72. The third-order valence-corrected chi connectivity index (χ3v) is 4.80.